The molecule has 0 radical (unpaired) electrons. The topological polar surface area (TPSA) is 95.0 Å². The van der Waals surface area contributed by atoms with Crippen molar-refractivity contribution in [2.24, 2.45) is 0 Å². The van der Waals surface area contributed by atoms with Gasteiger partial charge >= 0.3 is 12.2 Å². The number of ether oxygens (including phenoxy) is 3. The van der Waals surface area contributed by atoms with Crippen LogP contribution < -0.4 is 9.64 Å². The first-order valence-electron chi connectivity index (χ1n) is 8.07. The minimum absolute atomic E-state index is 0.0675. The molecule has 0 spiro atoms. The van der Waals surface area contributed by atoms with Crippen LogP contribution in [0.2, 0.25) is 0 Å². The van der Waals surface area contributed by atoms with E-state index >= 15 is 0 Å². The zero-order valence-electron chi connectivity index (χ0n) is 16.5. The van der Waals surface area contributed by atoms with Gasteiger partial charge < -0.3 is 14.2 Å². The van der Waals surface area contributed by atoms with Gasteiger partial charge in [0.1, 0.15) is 16.9 Å². The van der Waals surface area contributed by atoms with Crippen LogP contribution in [-0.2, 0) is 9.47 Å². The van der Waals surface area contributed by atoms with E-state index < -0.39 is 23.4 Å². The van der Waals surface area contributed by atoms with Crippen molar-refractivity contribution in [3.8, 4) is 5.75 Å². The van der Waals surface area contributed by atoms with Crippen LogP contribution in [0.3, 0.4) is 0 Å². The van der Waals surface area contributed by atoms with E-state index in [2.05, 4.69) is 4.98 Å². The van der Waals surface area contributed by atoms with Gasteiger partial charge in [-0.25, -0.2) is 14.6 Å². The fourth-order valence-corrected chi connectivity index (χ4v) is 1.81. The lowest BCUT2D eigenvalue weighted by molar-refractivity contribution is 0.0427. The van der Waals surface area contributed by atoms with Crippen LogP contribution in [0.1, 0.15) is 59.0 Å². The third kappa shape index (κ3) is 6.02. The predicted molar refractivity (Wildman–Crippen MR) is 95.7 cm³/mol. The summed E-state index contributed by atoms with van der Waals surface area (Å²) in [6.45, 7) is 11.3. The van der Waals surface area contributed by atoms with Crippen molar-refractivity contribution in [2.75, 3.05) is 12.0 Å². The molecule has 1 aromatic rings. The number of rotatable bonds is 3. The number of Topliss-reactive ketones (excluding diaryl/α,β-unsaturated/α-hetero) is 1. The minimum Gasteiger partial charge on any atom is -0.493 e. The number of pyridine rings is 1. The minimum atomic E-state index is -0.988. The van der Waals surface area contributed by atoms with Gasteiger partial charge in [-0.05, 0) is 53.7 Å². The van der Waals surface area contributed by atoms with Crippen LogP contribution in [0.4, 0.5) is 15.4 Å². The standard InChI is InChI=1S/C18H26N2O6/c1-11(21)12-9-10-13(24-8)14(19-12)20(15(22)25-17(2,3)4)16(23)26-18(5,6)7/h9-10H,1-8H3. The van der Waals surface area contributed by atoms with Crippen molar-refractivity contribution in [2.45, 2.75) is 59.7 Å². The largest absolute Gasteiger partial charge is 0.493 e. The van der Waals surface area contributed by atoms with Gasteiger partial charge in [-0.1, -0.05) is 0 Å². The molecule has 0 unspecified atom stereocenters. The summed E-state index contributed by atoms with van der Waals surface area (Å²) in [5.41, 5.74) is -1.65. The maximum Gasteiger partial charge on any atom is 0.425 e. The van der Waals surface area contributed by atoms with Gasteiger partial charge in [0.05, 0.1) is 7.11 Å². The van der Waals surface area contributed by atoms with Crippen molar-refractivity contribution in [1.29, 1.82) is 0 Å². The Kier molecular flexibility index (Phi) is 6.35. The van der Waals surface area contributed by atoms with E-state index in [1.165, 1.54) is 26.2 Å². The van der Waals surface area contributed by atoms with E-state index in [4.69, 9.17) is 14.2 Å². The van der Waals surface area contributed by atoms with E-state index in [1.807, 2.05) is 0 Å². The number of imide groups is 1. The third-order valence-electron chi connectivity index (χ3n) is 2.78. The summed E-state index contributed by atoms with van der Waals surface area (Å²) in [5, 5.41) is 0. The van der Waals surface area contributed by atoms with Gasteiger partial charge in [0.2, 0.25) is 0 Å². The molecule has 0 N–H and O–H groups in total. The molecule has 144 valence electrons. The molecule has 0 bridgehead atoms. The molecule has 0 aromatic carbocycles. The molecule has 1 heterocycles. The summed E-state index contributed by atoms with van der Waals surface area (Å²) in [4.78, 5) is 41.7. The highest BCUT2D eigenvalue weighted by Gasteiger charge is 2.35. The van der Waals surface area contributed by atoms with Gasteiger partial charge in [0.15, 0.2) is 17.4 Å². The number of anilines is 1. The lowest BCUT2D eigenvalue weighted by Crippen LogP contribution is -2.44. The van der Waals surface area contributed by atoms with Crippen LogP contribution in [0, 0.1) is 0 Å². The SMILES string of the molecule is COc1ccc(C(C)=O)nc1N(C(=O)OC(C)(C)C)C(=O)OC(C)(C)C. The number of hydrogen-bond acceptors (Lipinski definition) is 7. The monoisotopic (exact) mass is 366 g/mol. The lowest BCUT2D eigenvalue weighted by Gasteiger charge is -2.28. The Bertz CT molecular complexity index is 673. The molecular weight excluding hydrogens is 340 g/mol. The number of hydrogen-bond donors (Lipinski definition) is 0. The van der Waals surface area contributed by atoms with Crippen LogP contribution in [0.25, 0.3) is 0 Å². The molecular formula is C18H26N2O6. The van der Waals surface area contributed by atoms with E-state index in [0.717, 1.165) is 0 Å². The maximum atomic E-state index is 12.7. The number of aromatic nitrogens is 1. The fourth-order valence-electron chi connectivity index (χ4n) is 1.81. The van der Waals surface area contributed by atoms with Gasteiger partial charge in [0.25, 0.3) is 0 Å². The number of ketones is 1. The molecule has 26 heavy (non-hydrogen) atoms. The number of amides is 2. The molecule has 1 aromatic heterocycles. The molecule has 2 amide bonds. The molecule has 8 nitrogen and oxygen atoms in total. The third-order valence-corrected chi connectivity index (χ3v) is 2.78. The average Bonchev–Trinajstić information content (AvgIpc) is 2.43. The van der Waals surface area contributed by atoms with Crippen molar-refractivity contribution in [3.63, 3.8) is 0 Å². The molecule has 0 aliphatic heterocycles. The van der Waals surface area contributed by atoms with Crippen molar-refractivity contribution in [3.05, 3.63) is 17.8 Å². The highest BCUT2D eigenvalue weighted by Crippen LogP contribution is 2.29. The molecule has 1 rings (SSSR count). The molecule has 0 atom stereocenters. The smallest absolute Gasteiger partial charge is 0.425 e. The second kappa shape index (κ2) is 7.72. The zero-order chi connectivity index (χ0) is 20.3. The Morgan fingerprint density at radius 3 is 1.73 bits per heavy atom. The summed E-state index contributed by atoms with van der Waals surface area (Å²) in [7, 11) is 1.36. The molecule has 0 aliphatic carbocycles. The van der Waals surface area contributed by atoms with Crippen molar-refractivity contribution in [1.82, 2.24) is 4.98 Å². The summed E-state index contributed by atoms with van der Waals surface area (Å²) in [6, 6.07) is 2.88. The summed E-state index contributed by atoms with van der Waals surface area (Å²) in [5.74, 6) is -0.391. The van der Waals surface area contributed by atoms with Crippen LogP contribution in [0.15, 0.2) is 12.1 Å². The zero-order valence-corrected chi connectivity index (χ0v) is 16.5. The van der Waals surface area contributed by atoms with E-state index in [0.29, 0.717) is 4.90 Å². The Hall–Kier alpha value is -2.64. The maximum absolute atomic E-state index is 12.7. The van der Waals surface area contributed by atoms with Gasteiger partial charge in [-0.15, -0.1) is 0 Å². The Morgan fingerprint density at radius 2 is 1.38 bits per heavy atom. The predicted octanol–water partition coefficient (Wildman–Crippen LogP) is 3.97. The summed E-state index contributed by atoms with van der Waals surface area (Å²) < 4.78 is 15.8. The molecule has 0 aliphatic rings. The van der Waals surface area contributed by atoms with Crippen molar-refractivity contribution >= 4 is 23.8 Å². The highest BCUT2D eigenvalue weighted by molar-refractivity contribution is 6.10. The van der Waals surface area contributed by atoms with E-state index in [9.17, 15) is 14.4 Å². The first-order valence-corrected chi connectivity index (χ1v) is 8.07. The number of methoxy groups -OCH3 is 1. The Balaban J connectivity index is 3.49. The van der Waals surface area contributed by atoms with E-state index in [-0.39, 0.29) is 23.0 Å². The molecule has 0 fully saturated rings. The Labute approximate surface area is 153 Å². The van der Waals surface area contributed by atoms with E-state index in [1.54, 1.807) is 41.5 Å². The first-order chi connectivity index (χ1) is 11.7. The summed E-state index contributed by atoms with van der Waals surface area (Å²) >= 11 is 0. The normalized spacial score (nSPS) is 11.5. The van der Waals surface area contributed by atoms with Crippen molar-refractivity contribution < 1.29 is 28.6 Å². The highest BCUT2D eigenvalue weighted by atomic mass is 16.6. The quantitative estimate of drug-likeness (QED) is 0.747. The Morgan fingerprint density at radius 1 is 0.923 bits per heavy atom. The van der Waals surface area contributed by atoms with Gasteiger partial charge in [0, 0.05) is 6.92 Å². The van der Waals surface area contributed by atoms with Crippen LogP contribution >= 0.6 is 0 Å². The number of carbonyl (C=O) groups is 3. The first kappa shape index (κ1) is 21.4. The number of carbonyl (C=O) groups excluding carboxylic acids is 3. The average molecular weight is 366 g/mol. The molecule has 8 heteroatoms. The second-order valence-corrected chi connectivity index (χ2v) is 7.57. The fraction of sp³-hybridized carbons (Fsp3) is 0.556. The number of nitrogens with zero attached hydrogens (tertiary/aromatic N) is 2. The van der Waals surface area contributed by atoms with Crippen LogP contribution in [-0.4, -0.2) is 41.3 Å². The van der Waals surface area contributed by atoms with Gasteiger partial charge in [-0.3, -0.25) is 4.79 Å². The molecule has 0 saturated carbocycles. The van der Waals surface area contributed by atoms with Crippen LogP contribution in [0.5, 0.6) is 5.75 Å². The lowest BCUT2D eigenvalue weighted by atomic mass is 10.2. The molecule has 0 saturated heterocycles. The second-order valence-electron chi connectivity index (χ2n) is 7.57. The van der Waals surface area contributed by atoms with Gasteiger partial charge in [-0.2, -0.15) is 4.90 Å². The summed E-state index contributed by atoms with van der Waals surface area (Å²) in [6.07, 6.45) is -1.98.